The van der Waals surface area contributed by atoms with Gasteiger partial charge in [-0.2, -0.15) is 10.1 Å². The largest absolute Gasteiger partial charge is 0.497 e. The third kappa shape index (κ3) is 4.96. The van der Waals surface area contributed by atoms with E-state index in [1.165, 1.54) is 11.1 Å². The zero-order valence-corrected chi connectivity index (χ0v) is 21.0. The van der Waals surface area contributed by atoms with Crippen molar-refractivity contribution >= 4 is 35.0 Å². The SMILES string of the molecule is CCn1c(S/C(=C/[C@H]2C(=O)N(c3ccccc3)N=C2C)C(=O)O)nnc1-c1cc(OC)cc(OC)c1. The van der Waals surface area contributed by atoms with Crippen LogP contribution in [0.15, 0.2) is 69.8 Å². The second-order valence-electron chi connectivity index (χ2n) is 7.79. The van der Waals surface area contributed by atoms with E-state index < -0.39 is 11.9 Å². The Kier molecular flexibility index (Phi) is 7.39. The molecular weight excluding hydrogens is 482 g/mol. The van der Waals surface area contributed by atoms with E-state index in [2.05, 4.69) is 15.3 Å². The summed E-state index contributed by atoms with van der Waals surface area (Å²) in [7, 11) is 3.12. The first kappa shape index (κ1) is 25.0. The Morgan fingerprint density at radius 1 is 1.11 bits per heavy atom. The summed E-state index contributed by atoms with van der Waals surface area (Å²) in [5.41, 5.74) is 1.83. The number of carboxylic acid groups (broad SMARTS) is 1. The predicted octanol–water partition coefficient (Wildman–Crippen LogP) is 4.08. The van der Waals surface area contributed by atoms with Gasteiger partial charge in [0.1, 0.15) is 11.5 Å². The molecule has 1 aromatic heterocycles. The molecular formula is C25H25N5O5S. The summed E-state index contributed by atoms with van der Waals surface area (Å²) < 4.78 is 12.5. The van der Waals surface area contributed by atoms with E-state index >= 15 is 0 Å². The van der Waals surface area contributed by atoms with Crippen LogP contribution in [0.4, 0.5) is 5.69 Å². The lowest BCUT2D eigenvalue weighted by Crippen LogP contribution is -2.26. The first-order chi connectivity index (χ1) is 17.4. The molecule has 1 aliphatic heterocycles. The molecule has 0 saturated heterocycles. The van der Waals surface area contributed by atoms with Gasteiger partial charge in [0.15, 0.2) is 11.0 Å². The number of thioether (sulfide) groups is 1. The lowest BCUT2D eigenvalue weighted by atomic mass is 10.0. The van der Waals surface area contributed by atoms with Gasteiger partial charge in [-0.15, -0.1) is 10.2 Å². The molecule has 1 aliphatic rings. The number of benzene rings is 2. The van der Waals surface area contributed by atoms with Crippen molar-refractivity contribution in [1.29, 1.82) is 0 Å². The second kappa shape index (κ2) is 10.6. The Hall–Kier alpha value is -4.12. The molecule has 0 aliphatic carbocycles. The highest BCUT2D eigenvalue weighted by atomic mass is 32.2. The fourth-order valence-corrected chi connectivity index (χ4v) is 4.62. The van der Waals surface area contributed by atoms with E-state index in [1.807, 2.05) is 25.1 Å². The molecule has 1 amide bonds. The summed E-state index contributed by atoms with van der Waals surface area (Å²) in [6.45, 7) is 4.10. The number of hydrogen-bond donors (Lipinski definition) is 1. The molecule has 0 saturated carbocycles. The van der Waals surface area contributed by atoms with Crippen molar-refractivity contribution < 1.29 is 24.2 Å². The second-order valence-corrected chi connectivity index (χ2v) is 8.80. The molecule has 4 rings (SSSR count). The van der Waals surface area contributed by atoms with Gasteiger partial charge >= 0.3 is 5.97 Å². The fourth-order valence-electron chi connectivity index (χ4n) is 3.72. The van der Waals surface area contributed by atoms with Crippen LogP contribution in [0.3, 0.4) is 0 Å². The summed E-state index contributed by atoms with van der Waals surface area (Å²) in [6.07, 6.45) is 1.42. The van der Waals surface area contributed by atoms with Crippen LogP contribution in [0.5, 0.6) is 11.5 Å². The lowest BCUT2D eigenvalue weighted by molar-refractivity contribution is -0.131. The van der Waals surface area contributed by atoms with E-state index in [9.17, 15) is 14.7 Å². The minimum Gasteiger partial charge on any atom is -0.497 e. The lowest BCUT2D eigenvalue weighted by Gasteiger charge is -2.13. The molecule has 1 N–H and O–H groups in total. The number of rotatable bonds is 9. The van der Waals surface area contributed by atoms with E-state index in [1.54, 1.807) is 56.0 Å². The van der Waals surface area contributed by atoms with Crippen LogP contribution in [-0.4, -0.2) is 51.7 Å². The molecule has 10 nitrogen and oxygen atoms in total. The van der Waals surface area contributed by atoms with E-state index in [-0.39, 0.29) is 10.8 Å². The van der Waals surface area contributed by atoms with Gasteiger partial charge in [0.25, 0.3) is 5.91 Å². The number of carboxylic acids is 1. The highest BCUT2D eigenvalue weighted by Gasteiger charge is 2.34. The number of carbonyl (C=O) groups is 2. The number of amides is 1. The normalized spacial score (nSPS) is 15.7. The summed E-state index contributed by atoms with van der Waals surface area (Å²) in [5.74, 6) is -0.579. The molecule has 186 valence electrons. The minimum absolute atomic E-state index is 0.0466. The van der Waals surface area contributed by atoms with Crippen molar-refractivity contribution in [1.82, 2.24) is 14.8 Å². The van der Waals surface area contributed by atoms with Crippen LogP contribution < -0.4 is 14.5 Å². The Bertz CT molecular complexity index is 1330. The van der Waals surface area contributed by atoms with Gasteiger partial charge < -0.3 is 19.1 Å². The average molecular weight is 508 g/mol. The van der Waals surface area contributed by atoms with Gasteiger partial charge in [-0.3, -0.25) is 4.79 Å². The fraction of sp³-hybridized carbons (Fsp3) is 0.240. The quantitative estimate of drug-likeness (QED) is 0.340. The van der Waals surface area contributed by atoms with E-state index in [4.69, 9.17) is 9.47 Å². The smallest absolute Gasteiger partial charge is 0.342 e. The highest BCUT2D eigenvalue weighted by Crippen LogP contribution is 2.34. The molecule has 11 heteroatoms. The number of nitrogens with zero attached hydrogens (tertiary/aromatic N) is 5. The topological polar surface area (TPSA) is 119 Å². The monoisotopic (exact) mass is 507 g/mol. The van der Waals surface area contributed by atoms with Crippen LogP contribution in [0.1, 0.15) is 13.8 Å². The van der Waals surface area contributed by atoms with Crippen molar-refractivity contribution in [3.8, 4) is 22.9 Å². The van der Waals surface area contributed by atoms with E-state index in [0.29, 0.717) is 46.0 Å². The zero-order valence-electron chi connectivity index (χ0n) is 20.2. The zero-order chi connectivity index (χ0) is 25.8. The number of carbonyl (C=O) groups excluding carboxylic acids is 1. The summed E-state index contributed by atoms with van der Waals surface area (Å²) in [4.78, 5) is 25.2. The Balaban J connectivity index is 1.65. The number of aromatic nitrogens is 3. The van der Waals surface area contributed by atoms with Crippen molar-refractivity contribution in [3.05, 3.63) is 59.5 Å². The highest BCUT2D eigenvalue weighted by molar-refractivity contribution is 8.03. The van der Waals surface area contributed by atoms with Crippen LogP contribution in [0.25, 0.3) is 11.4 Å². The van der Waals surface area contributed by atoms with Crippen molar-refractivity contribution in [3.63, 3.8) is 0 Å². The van der Waals surface area contributed by atoms with Gasteiger partial charge in [0.05, 0.1) is 36.4 Å². The standard InChI is InChI=1S/C25H25N5O5S/c1-5-29-22(16-11-18(34-3)13-19(12-16)35-4)26-27-25(29)36-21(24(32)33)14-20-15(2)28-30(23(20)31)17-9-7-6-8-10-17/h6-14,20H,5H2,1-4H3,(H,32,33)/b21-14+/t20-/m1/s1. The summed E-state index contributed by atoms with van der Waals surface area (Å²) in [6, 6.07) is 14.4. The Labute approximate surface area is 212 Å². The van der Waals surface area contributed by atoms with Gasteiger partial charge in [0.2, 0.25) is 0 Å². The van der Waals surface area contributed by atoms with Gasteiger partial charge in [0, 0.05) is 18.2 Å². The predicted molar refractivity (Wildman–Crippen MR) is 136 cm³/mol. The number of anilines is 1. The maximum Gasteiger partial charge on any atom is 0.342 e. The molecule has 36 heavy (non-hydrogen) atoms. The Morgan fingerprint density at radius 3 is 2.36 bits per heavy atom. The first-order valence-corrected chi connectivity index (χ1v) is 11.9. The Morgan fingerprint density at radius 2 is 1.78 bits per heavy atom. The minimum atomic E-state index is -1.17. The summed E-state index contributed by atoms with van der Waals surface area (Å²) in [5, 5.41) is 24.5. The van der Waals surface area contributed by atoms with Crippen LogP contribution in [-0.2, 0) is 16.1 Å². The van der Waals surface area contributed by atoms with Crippen molar-refractivity contribution in [2.75, 3.05) is 19.2 Å². The van der Waals surface area contributed by atoms with Gasteiger partial charge in [-0.25, -0.2) is 4.79 Å². The molecule has 0 fully saturated rings. The molecule has 0 spiro atoms. The number of methoxy groups -OCH3 is 2. The molecule has 0 unspecified atom stereocenters. The van der Waals surface area contributed by atoms with Gasteiger partial charge in [-0.1, -0.05) is 18.2 Å². The van der Waals surface area contributed by atoms with Crippen LogP contribution >= 0.6 is 11.8 Å². The molecule has 2 heterocycles. The van der Waals surface area contributed by atoms with E-state index in [0.717, 1.165) is 11.8 Å². The average Bonchev–Trinajstić information content (AvgIpc) is 3.43. The first-order valence-electron chi connectivity index (χ1n) is 11.1. The third-order valence-electron chi connectivity index (χ3n) is 5.56. The number of hydrogen-bond acceptors (Lipinski definition) is 8. The van der Waals surface area contributed by atoms with Crippen molar-refractivity contribution in [2.24, 2.45) is 11.0 Å². The maximum atomic E-state index is 13.1. The molecule has 2 aromatic carbocycles. The van der Waals surface area contributed by atoms with Crippen LogP contribution in [0.2, 0.25) is 0 Å². The molecule has 0 radical (unpaired) electrons. The molecule has 3 aromatic rings. The third-order valence-corrected chi connectivity index (χ3v) is 6.57. The van der Waals surface area contributed by atoms with Gasteiger partial charge in [-0.05, 0) is 56.0 Å². The van der Waals surface area contributed by atoms with Crippen LogP contribution in [0, 0.1) is 5.92 Å². The number of para-hydroxylation sites is 1. The molecule has 1 atom stereocenters. The maximum absolute atomic E-state index is 13.1. The number of aliphatic carboxylic acids is 1. The number of ether oxygens (including phenoxy) is 2. The summed E-state index contributed by atoms with van der Waals surface area (Å²) >= 11 is 0.934. The van der Waals surface area contributed by atoms with Crippen molar-refractivity contribution in [2.45, 2.75) is 25.5 Å². The molecule has 0 bridgehead atoms. The number of hydrazone groups is 1.